The van der Waals surface area contributed by atoms with Crippen molar-refractivity contribution in [2.45, 2.75) is 70.6 Å². The van der Waals surface area contributed by atoms with Gasteiger partial charge in [0.05, 0.1) is 12.2 Å². The molecule has 0 amide bonds. The zero-order valence-corrected chi connectivity index (χ0v) is 10.2. The summed E-state index contributed by atoms with van der Waals surface area (Å²) >= 11 is 0. The van der Waals surface area contributed by atoms with Crippen LogP contribution in [0.2, 0.25) is 0 Å². The summed E-state index contributed by atoms with van der Waals surface area (Å²) in [5.41, 5.74) is 0. The number of ether oxygens (including phenoxy) is 1. The van der Waals surface area contributed by atoms with Crippen LogP contribution in [0.4, 0.5) is 0 Å². The SMILES string of the molecule is CCCNC(C1CCC1)C1CCC(C)O1. The maximum Gasteiger partial charge on any atom is 0.0735 e. The first-order valence-electron chi connectivity index (χ1n) is 6.70. The smallest absolute Gasteiger partial charge is 0.0735 e. The second kappa shape index (κ2) is 5.31. The Kier molecular flexibility index (Phi) is 4.04. The Hall–Kier alpha value is -0.0800. The maximum absolute atomic E-state index is 6.01. The van der Waals surface area contributed by atoms with Crippen LogP contribution >= 0.6 is 0 Å². The zero-order valence-electron chi connectivity index (χ0n) is 10.2. The highest BCUT2D eigenvalue weighted by Gasteiger charge is 2.36. The summed E-state index contributed by atoms with van der Waals surface area (Å²) in [5, 5.41) is 3.71. The van der Waals surface area contributed by atoms with Crippen molar-refractivity contribution < 1.29 is 4.74 Å². The highest BCUT2D eigenvalue weighted by Crippen LogP contribution is 2.35. The second-order valence-electron chi connectivity index (χ2n) is 5.23. The van der Waals surface area contributed by atoms with Gasteiger partial charge < -0.3 is 10.1 Å². The molecule has 3 atom stereocenters. The third-order valence-electron chi connectivity index (χ3n) is 3.95. The molecule has 1 aliphatic heterocycles. The molecule has 3 unspecified atom stereocenters. The number of rotatable bonds is 5. The molecule has 1 saturated heterocycles. The van der Waals surface area contributed by atoms with Crippen LogP contribution in [-0.4, -0.2) is 24.8 Å². The van der Waals surface area contributed by atoms with Crippen LogP contribution in [-0.2, 0) is 4.74 Å². The van der Waals surface area contributed by atoms with E-state index in [9.17, 15) is 0 Å². The first kappa shape index (κ1) is 11.4. The van der Waals surface area contributed by atoms with E-state index in [4.69, 9.17) is 4.74 Å². The van der Waals surface area contributed by atoms with Gasteiger partial charge in [-0.2, -0.15) is 0 Å². The van der Waals surface area contributed by atoms with Crippen molar-refractivity contribution in [3.8, 4) is 0 Å². The second-order valence-corrected chi connectivity index (χ2v) is 5.23. The highest BCUT2D eigenvalue weighted by atomic mass is 16.5. The van der Waals surface area contributed by atoms with E-state index in [2.05, 4.69) is 19.2 Å². The molecule has 2 rings (SSSR count). The van der Waals surface area contributed by atoms with Crippen LogP contribution in [0.5, 0.6) is 0 Å². The number of hydrogen-bond donors (Lipinski definition) is 1. The number of nitrogens with one attached hydrogen (secondary N) is 1. The molecule has 0 aromatic heterocycles. The van der Waals surface area contributed by atoms with Gasteiger partial charge >= 0.3 is 0 Å². The lowest BCUT2D eigenvalue weighted by Crippen LogP contribution is -2.48. The van der Waals surface area contributed by atoms with E-state index in [-0.39, 0.29) is 0 Å². The van der Waals surface area contributed by atoms with Crippen molar-refractivity contribution in [2.75, 3.05) is 6.54 Å². The minimum absolute atomic E-state index is 0.487. The Bertz CT molecular complexity index is 191. The van der Waals surface area contributed by atoms with Gasteiger partial charge in [-0.3, -0.25) is 0 Å². The molecular formula is C13H25NO. The summed E-state index contributed by atoms with van der Waals surface area (Å²) in [7, 11) is 0. The molecule has 0 radical (unpaired) electrons. The fourth-order valence-corrected chi connectivity index (χ4v) is 2.81. The molecule has 1 N–H and O–H groups in total. The summed E-state index contributed by atoms with van der Waals surface area (Å²) in [6.45, 7) is 5.59. The molecule has 1 aliphatic carbocycles. The van der Waals surface area contributed by atoms with Crippen molar-refractivity contribution in [1.82, 2.24) is 5.32 Å². The summed E-state index contributed by atoms with van der Waals surface area (Å²) in [5.74, 6) is 0.895. The molecule has 88 valence electrons. The van der Waals surface area contributed by atoms with Crippen molar-refractivity contribution in [2.24, 2.45) is 5.92 Å². The quantitative estimate of drug-likeness (QED) is 0.755. The predicted octanol–water partition coefficient (Wildman–Crippen LogP) is 2.72. The molecule has 2 heteroatoms. The van der Waals surface area contributed by atoms with Crippen LogP contribution in [0.25, 0.3) is 0 Å². The first-order valence-corrected chi connectivity index (χ1v) is 6.70. The summed E-state index contributed by atoms with van der Waals surface area (Å²) < 4.78 is 6.01. The zero-order chi connectivity index (χ0) is 10.7. The van der Waals surface area contributed by atoms with Gasteiger partial charge in [0.25, 0.3) is 0 Å². The Morgan fingerprint density at radius 3 is 2.53 bits per heavy atom. The molecule has 0 bridgehead atoms. The maximum atomic E-state index is 6.01. The van der Waals surface area contributed by atoms with E-state index in [0.717, 1.165) is 12.5 Å². The molecule has 0 spiro atoms. The van der Waals surface area contributed by atoms with Crippen molar-refractivity contribution in [3.05, 3.63) is 0 Å². The topological polar surface area (TPSA) is 21.3 Å². The predicted molar refractivity (Wildman–Crippen MR) is 63.0 cm³/mol. The van der Waals surface area contributed by atoms with Gasteiger partial charge in [-0.05, 0) is 51.5 Å². The first-order chi connectivity index (χ1) is 7.31. The molecule has 0 aromatic rings. The summed E-state index contributed by atoms with van der Waals surface area (Å²) in [4.78, 5) is 0. The lowest BCUT2D eigenvalue weighted by atomic mass is 9.77. The van der Waals surface area contributed by atoms with E-state index in [1.165, 1.54) is 38.5 Å². The summed E-state index contributed by atoms with van der Waals surface area (Å²) in [6.07, 6.45) is 8.98. The third-order valence-corrected chi connectivity index (χ3v) is 3.95. The average Bonchev–Trinajstić information content (AvgIpc) is 2.56. The Labute approximate surface area is 93.8 Å². The van der Waals surface area contributed by atoms with Crippen molar-refractivity contribution in [1.29, 1.82) is 0 Å². The normalized spacial score (nSPS) is 34.0. The lowest BCUT2D eigenvalue weighted by molar-refractivity contribution is 0.00535. The van der Waals surface area contributed by atoms with E-state index >= 15 is 0 Å². The summed E-state index contributed by atoms with van der Waals surface area (Å²) in [6, 6.07) is 0.642. The minimum atomic E-state index is 0.487. The molecule has 0 aromatic carbocycles. The standard InChI is InChI=1S/C13H25NO/c1-3-9-14-13(11-5-4-6-11)12-8-7-10(2)15-12/h10-14H,3-9H2,1-2H3. The molecule has 1 heterocycles. The van der Waals surface area contributed by atoms with Crippen LogP contribution < -0.4 is 5.32 Å². The average molecular weight is 211 g/mol. The van der Waals surface area contributed by atoms with Crippen molar-refractivity contribution in [3.63, 3.8) is 0 Å². The van der Waals surface area contributed by atoms with Gasteiger partial charge in [0.2, 0.25) is 0 Å². The van der Waals surface area contributed by atoms with E-state index in [1.807, 2.05) is 0 Å². The van der Waals surface area contributed by atoms with Gasteiger partial charge in [0, 0.05) is 6.04 Å². The van der Waals surface area contributed by atoms with Gasteiger partial charge in [-0.15, -0.1) is 0 Å². The molecule has 2 nitrogen and oxygen atoms in total. The molecule has 2 aliphatic rings. The Morgan fingerprint density at radius 1 is 1.27 bits per heavy atom. The minimum Gasteiger partial charge on any atom is -0.374 e. The molecule has 2 fully saturated rings. The lowest BCUT2D eigenvalue weighted by Gasteiger charge is -2.37. The fourth-order valence-electron chi connectivity index (χ4n) is 2.81. The van der Waals surface area contributed by atoms with E-state index in [0.29, 0.717) is 18.2 Å². The third kappa shape index (κ3) is 2.73. The highest BCUT2D eigenvalue weighted by molar-refractivity contribution is 4.91. The van der Waals surface area contributed by atoms with Gasteiger partial charge in [0.15, 0.2) is 0 Å². The molecule has 1 saturated carbocycles. The number of hydrogen-bond acceptors (Lipinski definition) is 2. The largest absolute Gasteiger partial charge is 0.374 e. The fraction of sp³-hybridized carbons (Fsp3) is 1.00. The van der Waals surface area contributed by atoms with E-state index in [1.54, 1.807) is 0 Å². The van der Waals surface area contributed by atoms with Crippen molar-refractivity contribution >= 4 is 0 Å². The van der Waals surface area contributed by atoms with Gasteiger partial charge in [-0.1, -0.05) is 13.3 Å². The Morgan fingerprint density at radius 2 is 2.07 bits per heavy atom. The Balaban J connectivity index is 1.85. The monoisotopic (exact) mass is 211 g/mol. The van der Waals surface area contributed by atoms with Gasteiger partial charge in [-0.25, -0.2) is 0 Å². The van der Waals surface area contributed by atoms with Gasteiger partial charge in [0.1, 0.15) is 0 Å². The van der Waals surface area contributed by atoms with Crippen LogP contribution in [0.3, 0.4) is 0 Å². The van der Waals surface area contributed by atoms with Crippen LogP contribution in [0.1, 0.15) is 52.4 Å². The van der Waals surface area contributed by atoms with Crippen LogP contribution in [0, 0.1) is 5.92 Å². The van der Waals surface area contributed by atoms with Crippen LogP contribution in [0.15, 0.2) is 0 Å². The molecule has 15 heavy (non-hydrogen) atoms. The van der Waals surface area contributed by atoms with E-state index < -0.39 is 0 Å². The molecular weight excluding hydrogens is 186 g/mol.